The number of aromatic nitrogens is 1. The number of aromatic amines is 1. The number of nitrogens with one attached hydrogen (secondary N) is 1. The Kier molecular flexibility index (Phi) is 3.30. The van der Waals surface area contributed by atoms with Crippen LogP contribution in [0.15, 0.2) is 22.8 Å². The molecule has 1 heterocycles. The van der Waals surface area contributed by atoms with Gasteiger partial charge in [-0.2, -0.15) is 0 Å². The summed E-state index contributed by atoms with van der Waals surface area (Å²) in [5.74, 6) is 0. The van der Waals surface area contributed by atoms with Gasteiger partial charge in [-0.25, -0.2) is 0 Å². The molecular formula is C11H14N2. The molecule has 0 bridgehead atoms. The summed E-state index contributed by atoms with van der Waals surface area (Å²) in [6.45, 7) is 5.95. The van der Waals surface area contributed by atoms with Crippen LogP contribution in [0, 0.1) is 0 Å². The first-order valence-electron chi connectivity index (χ1n) is 4.29. The van der Waals surface area contributed by atoms with Gasteiger partial charge in [-0.1, -0.05) is 0 Å². The lowest BCUT2D eigenvalue weighted by molar-refractivity contribution is 1.30. The molecule has 0 aromatic carbocycles. The molecule has 0 saturated heterocycles. The Labute approximate surface area is 78.0 Å². The lowest BCUT2D eigenvalue weighted by Gasteiger charge is -1.77. The highest BCUT2D eigenvalue weighted by Gasteiger charge is 1.82. The third kappa shape index (κ3) is 2.77. The number of rotatable bonds is 1. The molecule has 13 heavy (non-hydrogen) atoms. The van der Waals surface area contributed by atoms with Gasteiger partial charge in [-0.15, -0.1) is 5.73 Å². The predicted octanol–water partition coefficient (Wildman–Crippen LogP) is 1.19. The lowest BCUT2D eigenvalue weighted by Crippen LogP contribution is -2.20. The Morgan fingerprint density at radius 2 is 2.31 bits per heavy atom. The first kappa shape index (κ1) is 9.56. The van der Waals surface area contributed by atoms with Gasteiger partial charge in [0.05, 0.1) is 11.5 Å². The van der Waals surface area contributed by atoms with Crippen molar-refractivity contribution in [1.82, 2.24) is 4.98 Å². The average molecular weight is 174 g/mol. The minimum atomic E-state index is 0.999. The Balaban J connectivity index is 3.43. The molecule has 0 radical (unpaired) electrons. The fourth-order valence-corrected chi connectivity index (χ4v) is 1.02. The molecule has 1 rings (SSSR count). The Morgan fingerprint density at radius 1 is 1.54 bits per heavy atom. The van der Waals surface area contributed by atoms with Crippen LogP contribution in [-0.2, 0) is 0 Å². The van der Waals surface area contributed by atoms with Crippen LogP contribution in [0.1, 0.15) is 20.8 Å². The van der Waals surface area contributed by atoms with Gasteiger partial charge in [0, 0.05) is 17.6 Å². The first-order valence-corrected chi connectivity index (χ1v) is 4.29. The first-order chi connectivity index (χ1) is 6.24. The normalized spacial score (nSPS) is 12.1. The minimum Gasteiger partial charge on any atom is -0.359 e. The van der Waals surface area contributed by atoms with E-state index in [-0.39, 0.29) is 0 Å². The summed E-state index contributed by atoms with van der Waals surface area (Å²) in [6.07, 6.45) is 5.45. The van der Waals surface area contributed by atoms with Crippen molar-refractivity contribution in [2.24, 2.45) is 4.99 Å². The van der Waals surface area contributed by atoms with Gasteiger partial charge in [0.1, 0.15) is 0 Å². The maximum Gasteiger partial charge on any atom is 0.0718 e. The van der Waals surface area contributed by atoms with Crippen LogP contribution in [0.5, 0.6) is 0 Å². The van der Waals surface area contributed by atoms with Gasteiger partial charge in [-0.3, -0.25) is 4.99 Å². The van der Waals surface area contributed by atoms with Gasteiger partial charge in [0.25, 0.3) is 0 Å². The molecule has 0 aliphatic carbocycles. The molecular weight excluding hydrogens is 160 g/mol. The van der Waals surface area contributed by atoms with Crippen molar-refractivity contribution in [3.05, 3.63) is 28.4 Å². The Morgan fingerprint density at radius 3 is 2.92 bits per heavy atom. The molecule has 0 aliphatic rings. The van der Waals surface area contributed by atoms with Crippen LogP contribution in [0.3, 0.4) is 0 Å². The third-order valence-electron chi connectivity index (χ3n) is 1.52. The van der Waals surface area contributed by atoms with E-state index >= 15 is 0 Å². The summed E-state index contributed by atoms with van der Waals surface area (Å²) in [6, 6.07) is 1.99. The molecule has 0 saturated carbocycles. The van der Waals surface area contributed by atoms with Crippen molar-refractivity contribution in [2.45, 2.75) is 20.8 Å². The highest BCUT2D eigenvalue weighted by atomic mass is 14.7. The number of allylic oxidation sites excluding steroid dienone is 1. The molecule has 1 N–H and O–H groups in total. The number of H-pyrrole nitrogens is 1. The zero-order chi connectivity index (χ0) is 9.68. The molecule has 1 aromatic heterocycles. The summed E-state index contributed by atoms with van der Waals surface area (Å²) < 4.78 is 0. The van der Waals surface area contributed by atoms with Gasteiger partial charge in [0.15, 0.2) is 0 Å². The molecule has 0 amide bonds. The highest BCUT2D eigenvalue weighted by Crippen LogP contribution is 1.80. The monoisotopic (exact) mass is 174 g/mol. The molecule has 1 aromatic rings. The second-order valence-electron chi connectivity index (χ2n) is 2.97. The third-order valence-corrected chi connectivity index (χ3v) is 1.52. The predicted molar refractivity (Wildman–Crippen MR) is 56.9 cm³/mol. The van der Waals surface area contributed by atoms with E-state index in [1.807, 2.05) is 33.0 Å². The van der Waals surface area contributed by atoms with Crippen LogP contribution in [-0.4, -0.2) is 11.2 Å². The van der Waals surface area contributed by atoms with Crippen molar-refractivity contribution in [2.75, 3.05) is 0 Å². The number of hydrogen-bond acceptors (Lipinski definition) is 1. The summed E-state index contributed by atoms with van der Waals surface area (Å²) in [7, 11) is 0. The van der Waals surface area contributed by atoms with E-state index < -0.39 is 0 Å². The van der Waals surface area contributed by atoms with Crippen molar-refractivity contribution in [1.29, 1.82) is 0 Å². The van der Waals surface area contributed by atoms with Crippen molar-refractivity contribution in [3.63, 3.8) is 0 Å². The smallest absolute Gasteiger partial charge is 0.0718 e. The van der Waals surface area contributed by atoms with Crippen molar-refractivity contribution >= 4 is 18.1 Å². The van der Waals surface area contributed by atoms with Crippen LogP contribution in [0.4, 0.5) is 0 Å². The fraction of sp³-hybridized carbons (Fsp3) is 0.273. The number of hydrogen-bond donors (Lipinski definition) is 1. The van der Waals surface area contributed by atoms with Crippen LogP contribution < -0.4 is 10.6 Å². The fourth-order valence-electron chi connectivity index (χ4n) is 1.02. The van der Waals surface area contributed by atoms with Crippen molar-refractivity contribution in [3.8, 4) is 0 Å². The van der Waals surface area contributed by atoms with Crippen LogP contribution >= 0.6 is 0 Å². The molecule has 0 fully saturated rings. The molecule has 68 valence electrons. The number of aliphatic imine (C=N–C) groups is 1. The summed E-state index contributed by atoms with van der Waals surface area (Å²) >= 11 is 0. The van der Waals surface area contributed by atoms with E-state index in [4.69, 9.17) is 0 Å². The topological polar surface area (TPSA) is 28.1 Å². The van der Waals surface area contributed by atoms with E-state index in [2.05, 4.69) is 15.7 Å². The van der Waals surface area contributed by atoms with E-state index in [1.165, 1.54) is 0 Å². The van der Waals surface area contributed by atoms with Gasteiger partial charge in [0.2, 0.25) is 0 Å². The van der Waals surface area contributed by atoms with Gasteiger partial charge in [-0.05, 0) is 32.4 Å². The van der Waals surface area contributed by atoms with Crippen molar-refractivity contribution < 1.29 is 0 Å². The zero-order valence-electron chi connectivity index (χ0n) is 8.26. The highest BCUT2D eigenvalue weighted by molar-refractivity contribution is 5.57. The molecule has 0 aliphatic heterocycles. The molecule has 0 atom stereocenters. The number of nitrogens with zero attached hydrogens (tertiary/aromatic N) is 1. The van der Waals surface area contributed by atoms with E-state index in [9.17, 15) is 0 Å². The second-order valence-corrected chi connectivity index (χ2v) is 2.97. The van der Waals surface area contributed by atoms with Crippen LogP contribution in [0.25, 0.3) is 11.9 Å². The largest absolute Gasteiger partial charge is 0.359 e. The van der Waals surface area contributed by atoms with E-state index in [0.717, 1.165) is 16.1 Å². The minimum absolute atomic E-state index is 0.999. The molecule has 0 unspecified atom stereocenters. The average Bonchev–Trinajstić information content (AvgIpc) is 2.48. The molecule has 2 nitrogen and oxygen atoms in total. The molecule has 0 spiro atoms. The maximum atomic E-state index is 4.05. The summed E-state index contributed by atoms with van der Waals surface area (Å²) in [4.78, 5) is 7.15. The summed E-state index contributed by atoms with van der Waals surface area (Å²) in [5, 5.41) is 2.06. The quantitative estimate of drug-likeness (QED) is 0.619. The van der Waals surface area contributed by atoms with Gasteiger partial charge < -0.3 is 4.98 Å². The molecule has 2 heteroatoms. The zero-order valence-corrected chi connectivity index (χ0v) is 8.26. The lowest BCUT2D eigenvalue weighted by atomic mass is 10.3. The maximum absolute atomic E-state index is 4.05. The Bertz CT molecular complexity index is 439. The SMILES string of the molecule is C/C=N\C=c1\[nH]ccc1=C=C(C)C. The van der Waals surface area contributed by atoms with E-state index in [0.29, 0.717) is 0 Å². The van der Waals surface area contributed by atoms with E-state index in [1.54, 1.807) is 12.4 Å². The standard InChI is InChI=1S/C11H14N2/c1-4-12-8-11-10(5-6-13-11)7-9(2)3/h4-6,8,13H,1-3H3/b11-8+,12-4-. The second kappa shape index (κ2) is 4.48. The Hall–Kier alpha value is -1.53. The summed E-state index contributed by atoms with van der Waals surface area (Å²) in [5.41, 5.74) is 4.40. The van der Waals surface area contributed by atoms with Gasteiger partial charge >= 0.3 is 0 Å². The van der Waals surface area contributed by atoms with Crippen LogP contribution in [0.2, 0.25) is 0 Å².